The van der Waals surface area contributed by atoms with Crippen molar-refractivity contribution in [2.45, 2.75) is 22.7 Å². The van der Waals surface area contributed by atoms with E-state index in [9.17, 15) is 14.4 Å². The fourth-order valence-electron chi connectivity index (χ4n) is 5.97. The first kappa shape index (κ1) is 23.0. The van der Waals surface area contributed by atoms with Crippen molar-refractivity contribution in [3.8, 4) is 0 Å². The average molecular weight is 617 g/mol. The van der Waals surface area contributed by atoms with Crippen LogP contribution in [0.25, 0.3) is 0 Å². The molecule has 3 amide bonds. The molecule has 0 spiro atoms. The number of amides is 3. The van der Waals surface area contributed by atoms with Crippen LogP contribution in [0.5, 0.6) is 0 Å². The van der Waals surface area contributed by atoms with Gasteiger partial charge in [-0.05, 0) is 76.0 Å². The Morgan fingerprint density at radius 1 is 0.829 bits per heavy atom. The van der Waals surface area contributed by atoms with E-state index in [1.54, 1.807) is 19.1 Å². The molecule has 2 bridgehead atoms. The second-order valence-corrected chi connectivity index (χ2v) is 11.6. The number of nitrogens with zero attached hydrogens (tertiary/aromatic N) is 1. The van der Waals surface area contributed by atoms with E-state index < -0.39 is 45.3 Å². The fourth-order valence-corrected chi connectivity index (χ4v) is 7.42. The summed E-state index contributed by atoms with van der Waals surface area (Å²) in [7, 11) is 0. The molecule has 7 rings (SSSR count). The summed E-state index contributed by atoms with van der Waals surface area (Å²) in [5, 5.41) is 2.81. The normalized spacial score (nSPS) is 28.9. The molecule has 3 atom stereocenters. The summed E-state index contributed by atoms with van der Waals surface area (Å²) in [6.07, 6.45) is 0. The first-order valence-corrected chi connectivity index (χ1v) is 13.0. The van der Waals surface area contributed by atoms with E-state index in [2.05, 4.69) is 27.9 Å². The Morgan fingerprint density at radius 3 is 1.63 bits per heavy atom. The Balaban J connectivity index is 1.45. The molecule has 0 saturated carbocycles. The van der Waals surface area contributed by atoms with Crippen LogP contribution in [-0.4, -0.2) is 28.7 Å². The topological polar surface area (TPSA) is 66.5 Å². The zero-order chi connectivity index (χ0) is 24.7. The highest BCUT2D eigenvalue weighted by atomic mass is 127. The molecule has 35 heavy (non-hydrogen) atoms. The number of likely N-dealkylation sites (tertiary alicyclic amines) is 1. The van der Waals surface area contributed by atoms with E-state index in [4.69, 9.17) is 23.2 Å². The number of carbonyl (C=O) groups is 3. The van der Waals surface area contributed by atoms with Crippen LogP contribution < -0.4 is 5.32 Å². The van der Waals surface area contributed by atoms with Crippen molar-refractivity contribution in [1.82, 2.24) is 4.90 Å². The molecule has 1 fully saturated rings. The maximum absolute atomic E-state index is 13.9. The van der Waals surface area contributed by atoms with Gasteiger partial charge in [-0.2, -0.15) is 0 Å². The summed E-state index contributed by atoms with van der Waals surface area (Å²) < 4.78 is 1.03. The van der Waals surface area contributed by atoms with Crippen molar-refractivity contribution in [1.29, 1.82) is 0 Å². The molecule has 176 valence electrons. The first-order chi connectivity index (χ1) is 16.7. The molecule has 0 aromatic heterocycles. The molecule has 1 heterocycles. The monoisotopic (exact) mass is 616 g/mol. The summed E-state index contributed by atoms with van der Waals surface area (Å²) >= 11 is 17.0. The number of rotatable bonds is 3. The highest BCUT2D eigenvalue weighted by Gasteiger charge is 2.73. The van der Waals surface area contributed by atoms with Crippen LogP contribution in [-0.2, 0) is 24.1 Å². The van der Waals surface area contributed by atoms with Gasteiger partial charge in [-0.1, -0.05) is 48.5 Å². The number of imide groups is 1. The molecule has 5 nitrogen and oxygen atoms in total. The van der Waals surface area contributed by atoms with Gasteiger partial charge in [0.2, 0.25) is 17.7 Å². The number of carbonyl (C=O) groups excluding carboxylic acids is 3. The third-order valence-corrected chi connectivity index (χ3v) is 9.50. The van der Waals surface area contributed by atoms with Crippen LogP contribution in [0, 0.1) is 15.4 Å². The quantitative estimate of drug-likeness (QED) is 0.250. The molecule has 0 unspecified atom stereocenters. The Morgan fingerprint density at radius 2 is 1.23 bits per heavy atom. The third kappa shape index (κ3) is 2.90. The van der Waals surface area contributed by atoms with Crippen LogP contribution in [0.2, 0.25) is 0 Å². The molecule has 1 aliphatic heterocycles. The predicted molar refractivity (Wildman–Crippen MR) is 142 cm³/mol. The minimum absolute atomic E-state index is 0.457. The second-order valence-electron chi connectivity index (χ2n) is 9.19. The van der Waals surface area contributed by atoms with Crippen molar-refractivity contribution in [2.75, 3.05) is 5.32 Å². The lowest BCUT2D eigenvalue weighted by molar-refractivity contribution is -0.146. The number of anilines is 1. The second kappa shape index (κ2) is 7.79. The maximum atomic E-state index is 13.9. The Bertz CT molecular complexity index is 1300. The molecule has 1 saturated heterocycles. The Hall–Kier alpha value is -2.42. The van der Waals surface area contributed by atoms with E-state index in [0.717, 1.165) is 30.7 Å². The van der Waals surface area contributed by atoms with Crippen LogP contribution in [0.1, 0.15) is 29.2 Å². The van der Waals surface area contributed by atoms with Crippen LogP contribution in [0.15, 0.2) is 72.8 Å². The predicted octanol–water partition coefficient (Wildman–Crippen LogP) is 5.21. The summed E-state index contributed by atoms with van der Waals surface area (Å²) in [5.41, 5.74) is 3.51. The van der Waals surface area contributed by atoms with Crippen molar-refractivity contribution >= 4 is 69.2 Å². The SMILES string of the molecule is C[C@H](C(=O)Nc1ccc(I)cc1)N1C(=O)[C@@H]2[C@H](C1=O)C1(Cl)c3ccccc3C2(Cl)c2ccccc21. The molecule has 1 N–H and O–H groups in total. The number of benzene rings is 3. The minimum Gasteiger partial charge on any atom is -0.324 e. The Kier molecular flexibility index (Phi) is 5.12. The van der Waals surface area contributed by atoms with E-state index in [0.29, 0.717) is 5.69 Å². The standard InChI is InChI=1S/C27H19Cl2IN2O3/c1-14(23(33)31-16-12-10-15(30)11-13-16)32-24(34)21-22(25(32)35)27(29)18-7-3-2-6-17(18)26(21,28)19-8-4-5-9-20(19)27/h2-14,21-22H,1H3,(H,31,33)/t14-,21-,22+,26?,27?/m1/s1. The number of hydrogen-bond donors (Lipinski definition) is 1. The summed E-state index contributed by atoms with van der Waals surface area (Å²) in [6.45, 7) is 1.55. The van der Waals surface area contributed by atoms with Gasteiger partial charge in [0.1, 0.15) is 15.8 Å². The molecular formula is C27H19Cl2IN2O3. The molecule has 3 aromatic rings. The number of alkyl halides is 2. The van der Waals surface area contributed by atoms with Crippen molar-refractivity contribution in [3.05, 3.63) is 98.6 Å². The van der Waals surface area contributed by atoms with Crippen molar-refractivity contribution < 1.29 is 14.4 Å². The van der Waals surface area contributed by atoms with E-state index in [1.807, 2.05) is 60.7 Å². The van der Waals surface area contributed by atoms with E-state index >= 15 is 0 Å². The zero-order valence-corrected chi connectivity index (χ0v) is 22.1. The van der Waals surface area contributed by atoms with Crippen molar-refractivity contribution in [2.24, 2.45) is 11.8 Å². The highest BCUT2D eigenvalue weighted by Crippen LogP contribution is 2.69. The van der Waals surface area contributed by atoms with Gasteiger partial charge in [0.15, 0.2) is 0 Å². The summed E-state index contributed by atoms with van der Waals surface area (Å²) in [5.74, 6) is -3.26. The molecule has 3 aromatic carbocycles. The lowest BCUT2D eigenvalue weighted by atomic mass is 9.54. The van der Waals surface area contributed by atoms with Gasteiger partial charge in [-0.25, -0.2) is 0 Å². The molecule has 0 radical (unpaired) electrons. The van der Waals surface area contributed by atoms with Crippen LogP contribution >= 0.6 is 45.8 Å². The summed E-state index contributed by atoms with van der Waals surface area (Å²) in [4.78, 5) is 39.5. The van der Waals surface area contributed by atoms with Crippen molar-refractivity contribution in [3.63, 3.8) is 0 Å². The lowest BCUT2D eigenvalue weighted by Crippen LogP contribution is -2.57. The van der Waals surface area contributed by atoms with Gasteiger partial charge in [0.25, 0.3) is 0 Å². The minimum atomic E-state index is -1.26. The average Bonchev–Trinajstić information content (AvgIpc) is 3.14. The molecule has 3 aliphatic carbocycles. The molecule has 8 heteroatoms. The van der Waals surface area contributed by atoms with Crippen LogP contribution in [0.4, 0.5) is 5.69 Å². The molecule has 4 aliphatic rings. The van der Waals surface area contributed by atoms with E-state index in [-0.39, 0.29) is 0 Å². The highest BCUT2D eigenvalue weighted by molar-refractivity contribution is 14.1. The smallest absolute Gasteiger partial charge is 0.247 e. The van der Waals surface area contributed by atoms with Crippen LogP contribution in [0.3, 0.4) is 0 Å². The van der Waals surface area contributed by atoms with Gasteiger partial charge in [-0.3, -0.25) is 19.3 Å². The number of halogens is 3. The zero-order valence-electron chi connectivity index (χ0n) is 18.5. The largest absolute Gasteiger partial charge is 0.324 e. The summed E-state index contributed by atoms with van der Waals surface area (Å²) in [6, 6.07) is 21.2. The first-order valence-electron chi connectivity index (χ1n) is 11.2. The van der Waals surface area contributed by atoms with E-state index in [1.165, 1.54) is 0 Å². The Labute approximate surface area is 225 Å². The van der Waals surface area contributed by atoms with Gasteiger partial charge in [0.05, 0.1) is 11.8 Å². The fraction of sp³-hybridized carbons (Fsp3) is 0.222. The number of nitrogens with one attached hydrogen (secondary N) is 1. The van der Waals surface area contributed by atoms with Gasteiger partial charge in [0, 0.05) is 9.26 Å². The van der Waals surface area contributed by atoms with Gasteiger partial charge >= 0.3 is 0 Å². The number of hydrogen-bond acceptors (Lipinski definition) is 3. The van der Waals surface area contributed by atoms with Gasteiger partial charge in [-0.15, -0.1) is 23.2 Å². The van der Waals surface area contributed by atoms with Gasteiger partial charge < -0.3 is 5.32 Å². The third-order valence-electron chi connectivity index (χ3n) is 7.50. The molecular weight excluding hydrogens is 598 g/mol. The maximum Gasteiger partial charge on any atom is 0.247 e. The lowest BCUT2D eigenvalue weighted by Gasteiger charge is -2.54.